The van der Waals surface area contributed by atoms with E-state index in [1.165, 1.54) is 43.6 Å². The minimum atomic E-state index is -0.469. The van der Waals surface area contributed by atoms with Gasteiger partial charge < -0.3 is 4.90 Å². The molecule has 0 bridgehead atoms. The largest absolute Gasteiger partial charge is 0.366 e. The van der Waals surface area contributed by atoms with Crippen molar-refractivity contribution in [3.63, 3.8) is 0 Å². The second kappa shape index (κ2) is 6.66. The molecule has 5 rings (SSSR count). The van der Waals surface area contributed by atoms with Gasteiger partial charge in [-0.2, -0.15) is 0 Å². The number of piperidine rings is 1. The monoisotopic (exact) mass is 351 g/mol. The highest BCUT2D eigenvalue weighted by Crippen LogP contribution is 2.49. The summed E-state index contributed by atoms with van der Waals surface area (Å²) in [5, 5.41) is 0. The van der Waals surface area contributed by atoms with Crippen LogP contribution in [0.2, 0.25) is 0 Å². The van der Waals surface area contributed by atoms with Gasteiger partial charge in [-0.15, -0.1) is 0 Å². The van der Waals surface area contributed by atoms with Gasteiger partial charge >= 0.3 is 0 Å². The van der Waals surface area contributed by atoms with Crippen molar-refractivity contribution in [2.45, 2.75) is 50.4 Å². The summed E-state index contributed by atoms with van der Waals surface area (Å²) in [4.78, 5) is 10.0. The van der Waals surface area contributed by atoms with Gasteiger partial charge in [0.2, 0.25) is 0 Å². The van der Waals surface area contributed by atoms with Crippen LogP contribution in [0.1, 0.15) is 42.1 Å². The Bertz CT molecular complexity index is 778. The Kier molecular flexibility index (Phi) is 4.16. The van der Waals surface area contributed by atoms with Crippen LogP contribution in [0, 0.1) is 0 Å². The molecule has 3 aliphatic heterocycles. The molecule has 4 heteroatoms. The standard InChI is InChI=1S/C22H26FN3/c23-15-17-8-9-20-22(24-17)21-18-7-4-12-25(18)13-11-19(21)26(20)14-10-16-5-2-1-3-6-16/h1-3,5-6,8-9,18-19,21H,4,7,10-15H2. The van der Waals surface area contributed by atoms with E-state index in [9.17, 15) is 4.39 Å². The van der Waals surface area contributed by atoms with Crippen molar-refractivity contribution in [2.24, 2.45) is 0 Å². The molecule has 0 aliphatic carbocycles. The third-order valence-electron chi connectivity index (χ3n) is 6.56. The number of fused-ring (bicyclic) bond motifs is 5. The average molecular weight is 351 g/mol. The maximum absolute atomic E-state index is 13.3. The van der Waals surface area contributed by atoms with Gasteiger partial charge in [0, 0.05) is 31.1 Å². The predicted molar refractivity (Wildman–Crippen MR) is 102 cm³/mol. The minimum absolute atomic E-state index is 0.448. The molecule has 136 valence electrons. The van der Waals surface area contributed by atoms with Crippen LogP contribution in [-0.4, -0.2) is 41.6 Å². The highest BCUT2D eigenvalue weighted by molar-refractivity contribution is 5.60. The Morgan fingerprint density at radius 3 is 2.73 bits per heavy atom. The van der Waals surface area contributed by atoms with Crippen molar-refractivity contribution in [1.82, 2.24) is 9.88 Å². The van der Waals surface area contributed by atoms with E-state index in [0.717, 1.165) is 18.7 Å². The fraction of sp³-hybridized carbons (Fsp3) is 0.500. The number of pyridine rings is 1. The number of benzene rings is 1. The van der Waals surface area contributed by atoms with E-state index in [0.29, 0.717) is 23.7 Å². The van der Waals surface area contributed by atoms with Crippen molar-refractivity contribution in [3.8, 4) is 0 Å². The molecular formula is C22H26FN3. The molecule has 0 N–H and O–H groups in total. The summed E-state index contributed by atoms with van der Waals surface area (Å²) in [6.07, 6.45) is 4.78. The molecule has 2 aromatic rings. The highest BCUT2D eigenvalue weighted by Gasteiger charge is 2.49. The summed E-state index contributed by atoms with van der Waals surface area (Å²) in [6.45, 7) is 2.96. The number of rotatable bonds is 4. The molecule has 0 saturated carbocycles. The summed E-state index contributed by atoms with van der Waals surface area (Å²) in [5.74, 6) is 0.448. The first-order chi connectivity index (χ1) is 12.8. The molecule has 0 amide bonds. The van der Waals surface area contributed by atoms with Gasteiger partial charge in [-0.3, -0.25) is 9.88 Å². The number of hydrogen-bond acceptors (Lipinski definition) is 3. The van der Waals surface area contributed by atoms with Crippen LogP contribution in [0.15, 0.2) is 42.5 Å². The fourth-order valence-corrected chi connectivity index (χ4v) is 5.42. The Labute approximate surface area is 154 Å². The van der Waals surface area contributed by atoms with Gasteiger partial charge in [0.1, 0.15) is 6.67 Å². The topological polar surface area (TPSA) is 19.4 Å². The van der Waals surface area contributed by atoms with Crippen LogP contribution < -0.4 is 4.90 Å². The van der Waals surface area contributed by atoms with Crippen LogP contribution in [0.3, 0.4) is 0 Å². The molecule has 3 aliphatic rings. The second-order valence-corrected chi connectivity index (χ2v) is 7.90. The summed E-state index contributed by atoms with van der Waals surface area (Å²) in [5.41, 5.74) is 4.38. The van der Waals surface area contributed by atoms with Crippen LogP contribution in [-0.2, 0) is 13.1 Å². The number of aromatic nitrogens is 1. The molecule has 1 aromatic carbocycles. The molecule has 3 nitrogen and oxygen atoms in total. The first-order valence-electron chi connectivity index (χ1n) is 9.95. The molecule has 0 radical (unpaired) electrons. The van der Waals surface area contributed by atoms with Gasteiger partial charge in [0.05, 0.1) is 17.1 Å². The summed E-state index contributed by atoms with van der Waals surface area (Å²) < 4.78 is 13.3. The fourth-order valence-electron chi connectivity index (χ4n) is 5.42. The van der Waals surface area contributed by atoms with Crippen molar-refractivity contribution in [2.75, 3.05) is 24.5 Å². The smallest absolute Gasteiger partial charge is 0.131 e. The lowest BCUT2D eigenvalue weighted by molar-refractivity contribution is 0.157. The first-order valence-corrected chi connectivity index (χ1v) is 9.95. The third-order valence-corrected chi connectivity index (χ3v) is 6.56. The number of alkyl halides is 1. The molecule has 2 fully saturated rings. The quantitative estimate of drug-likeness (QED) is 0.832. The van der Waals surface area contributed by atoms with E-state index < -0.39 is 6.67 Å². The van der Waals surface area contributed by atoms with E-state index in [4.69, 9.17) is 4.98 Å². The van der Waals surface area contributed by atoms with E-state index in [2.05, 4.69) is 46.2 Å². The molecule has 26 heavy (non-hydrogen) atoms. The Morgan fingerprint density at radius 2 is 1.88 bits per heavy atom. The third kappa shape index (κ3) is 2.62. The van der Waals surface area contributed by atoms with Crippen LogP contribution >= 0.6 is 0 Å². The zero-order chi connectivity index (χ0) is 17.5. The molecule has 1 aromatic heterocycles. The molecule has 3 unspecified atom stereocenters. The normalized spacial score (nSPS) is 27.3. The van der Waals surface area contributed by atoms with Gasteiger partial charge in [-0.25, -0.2) is 4.39 Å². The number of nitrogens with zero attached hydrogens (tertiary/aromatic N) is 3. The minimum Gasteiger partial charge on any atom is -0.366 e. The lowest BCUT2D eigenvalue weighted by Gasteiger charge is -2.41. The van der Waals surface area contributed by atoms with Crippen LogP contribution in [0.5, 0.6) is 0 Å². The van der Waals surface area contributed by atoms with Gasteiger partial charge in [-0.05, 0) is 49.9 Å². The number of halogens is 1. The molecule has 0 spiro atoms. The maximum atomic E-state index is 13.3. The SMILES string of the molecule is FCc1ccc2c(n1)C1C3CCCN3CCC1N2CCc1ccccc1. The lowest BCUT2D eigenvalue weighted by Crippen LogP contribution is -2.50. The van der Waals surface area contributed by atoms with Crippen LogP contribution in [0.25, 0.3) is 0 Å². The van der Waals surface area contributed by atoms with E-state index >= 15 is 0 Å². The van der Waals surface area contributed by atoms with Gasteiger partial charge in [0.25, 0.3) is 0 Å². The molecule has 2 saturated heterocycles. The van der Waals surface area contributed by atoms with Crippen molar-refractivity contribution >= 4 is 5.69 Å². The summed E-state index contributed by atoms with van der Waals surface area (Å²) in [6, 6.07) is 15.8. The molecule has 3 atom stereocenters. The number of hydrogen-bond donors (Lipinski definition) is 0. The zero-order valence-electron chi connectivity index (χ0n) is 15.1. The maximum Gasteiger partial charge on any atom is 0.131 e. The zero-order valence-corrected chi connectivity index (χ0v) is 15.1. The Morgan fingerprint density at radius 1 is 1.00 bits per heavy atom. The van der Waals surface area contributed by atoms with Crippen molar-refractivity contribution < 1.29 is 4.39 Å². The summed E-state index contributed by atoms with van der Waals surface area (Å²) in [7, 11) is 0. The van der Waals surface area contributed by atoms with E-state index in [-0.39, 0.29) is 0 Å². The van der Waals surface area contributed by atoms with E-state index in [1.807, 2.05) is 6.07 Å². The van der Waals surface area contributed by atoms with Gasteiger partial charge in [0.15, 0.2) is 0 Å². The van der Waals surface area contributed by atoms with Gasteiger partial charge in [-0.1, -0.05) is 30.3 Å². The average Bonchev–Trinajstić information content (AvgIpc) is 3.28. The summed E-state index contributed by atoms with van der Waals surface area (Å²) >= 11 is 0. The van der Waals surface area contributed by atoms with Crippen molar-refractivity contribution in [3.05, 3.63) is 59.4 Å². The number of anilines is 1. The highest BCUT2D eigenvalue weighted by atomic mass is 19.1. The van der Waals surface area contributed by atoms with Crippen LogP contribution in [0.4, 0.5) is 10.1 Å². The van der Waals surface area contributed by atoms with E-state index in [1.54, 1.807) is 0 Å². The van der Waals surface area contributed by atoms with Crippen molar-refractivity contribution in [1.29, 1.82) is 0 Å². The molecule has 4 heterocycles. The lowest BCUT2D eigenvalue weighted by atomic mass is 9.84. The second-order valence-electron chi connectivity index (χ2n) is 7.90. The Balaban J connectivity index is 1.48. The first kappa shape index (κ1) is 16.2. The molecular weight excluding hydrogens is 325 g/mol. The predicted octanol–water partition coefficient (Wildman–Crippen LogP) is 3.93. The Hall–Kier alpha value is -1.94.